The van der Waals surface area contributed by atoms with Crippen molar-refractivity contribution in [1.82, 2.24) is 9.97 Å². The zero-order valence-electron chi connectivity index (χ0n) is 11.7. The molecule has 0 unspecified atom stereocenters. The normalized spacial score (nSPS) is 15.4. The van der Waals surface area contributed by atoms with E-state index in [1.165, 1.54) is 0 Å². The monoisotopic (exact) mass is 269 g/mol. The van der Waals surface area contributed by atoms with E-state index in [2.05, 4.69) is 25.8 Å². The number of para-hydroxylation sites is 2. The Morgan fingerprint density at radius 1 is 0.950 bits per heavy atom. The number of rotatable bonds is 2. The predicted molar refractivity (Wildman–Crippen MR) is 82.0 cm³/mol. The Morgan fingerprint density at radius 2 is 1.60 bits per heavy atom. The molecule has 0 bridgehead atoms. The van der Waals surface area contributed by atoms with Crippen LogP contribution in [0.2, 0.25) is 0 Å². The maximum atomic E-state index is 6.04. The van der Waals surface area contributed by atoms with Gasteiger partial charge in [0.1, 0.15) is 5.82 Å². The summed E-state index contributed by atoms with van der Waals surface area (Å²) in [7, 11) is 0. The first-order valence-electron chi connectivity index (χ1n) is 6.88. The summed E-state index contributed by atoms with van der Waals surface area (Å²) in [6.07, 6.45) is 3.49. The first kappa shape index (κ1) is 12.7. The van der Waals surface area contributed by atoms with E-state index >= 15 is 0 Å². The zero-order valence-corrected chi connectivity index (χ0v) is 11.7. The Bertz CT molecular complexity index is 537. The number of anilines is 3. The van der Waals surface area contributed by atoms with Crippen LogP contribution >= 0.6 is 0 Å². The van der Waals surface area contributed by atoms with Gasteiger partial charge >= 0.3 is 0 Å². The molecular formula is C15H19N5. The molecule has 0 radical (unpaired) electrons. The minimum atomic E-state index is 0.844. The van der Waals surface area contributed by atoms with Crippen LogP contribution in [0.25, 0.3) is 0 Å². The van der Waals surface area contributed by atoms with Gasteiger partial charge in [-0.3, -0.25) is 4.98 Å². The summed E-state index contributed by atoms with van der Waals surface area (Å²) in [5.74, 6) is 0.994. The van der Waals surface area contributed by atoms with Gasteiger partial charge in [-0.25, -0.2) is 4.98 Å². The van der Waals surface area contributed by atoms with Crippen molar-refractivity contribution in [1.29, 1.82) is 0 Å². The molecule has 20 heavy (non-hydrogen) atoms. The fourth-order valence-electron chi connectivity index (χ4n) is 2.65. The van der Waals surface area contributed by atoms with Gasteiger partial charge in [0.2, 0.25) is 0 Å². The summed E-state index contributed by atoms with van der Waals surface area (Å²) in [5.41, 5.74) is 9.00. The number of hydrogen-bond donors (Lipinski definition) is 1. The summed E-state index contributed by atoms with van der Waals surface area (Å²) in [6.45, 7) is 5.78. The van der Waals surface area contributed by atoms with Crippen LogP contribution in [0.4, 0.5) is 17.2 Å². The number of aryl methyl sites for hydroxylation is 1. The molecule has 104 valence electrons. The van der Waals surface area contributed by atoms with Gasteiger partial charge in [0.25, 0.3) is 0 Å². The maximum absolute atomic E-state index is 6.04. The van der Waals surface area contributed by atoms with Crippen LogP contribution < -0.4 is 15.5 Å². The van der Waals surface area contributed by atoms with Crippen molar-refractivity contribution in [3.8, 4) is 0 Å². The molecule has 0 saturated carbocycles. The van der Waals surface area contributed by atoms with E-state index in [4.69, 9.17) is 5.73 Å². The lowest BCUT2D eigenvalue weighted by molar-refractivity contribution is 0.645. The molecule has 2 heterocycles. The van der Waals surface area contributed by atoms with Crippen LogP contribution in [0.3, 0.4) is 0 Å². The fourth-order valence-corrected chi connectivity index (χ4v) is 2.65. The third-order valence-corrected chi connectivity index (χ3v) is 3.71. The van der Waals surface area contributed by atoms with E-state index < -0.39 is 0 Å². The molecule has 0 aliphatic carbocycles. The van der Waals surface area contributed by atoms with E-state index in [0.29, 0.717) is 0 Å². The van der Waals surface area contributed by atoms with Crippen LogP contribution in [-0.4, -0.2) is 36.1 Å². The molecule has 1 aliphatic heterocycles. The number of aromatic nitrogens is 2. The third-order valence-electron chi connectivity index (χ3n) is 3.71. The van der Waals surface area contributed by atoms with Gasteiger partial charge in [-0.05, 0) is 19.1 Å². The lowest BCUT2D eigenvalue weighted by Gasteiger charge is -2.37. The predicted octanol–water partition coefficient (Wildman–Crippen LogP) is 1.69. The Hall–Kier alpha value is -2.30. The van der Waals surface area contributed by atoms with Crippen LogP contribution in [-0.2, 0) is 0 Å². The summed E-state index contributed by atoms with van der Waals surface area (Å²) in [4.78, 5) is 13.4. The van der Waals surface area contributed by atoms with Gasteiger partial charge in [-0.15, -0.1) is 0 Å². The van der Waals surface area contributed by atoms with E-state index in [-0.39, 0.29) is 0 Å². The molecule has 1 aromatic heterocycles. The SMILES string of the molecule is Cc1nccnc1N1CCN(c2ccccc2N)CC1. The smallest absolute Gasteiger partial charge is 0.150 e. The van der Waals surface area contributed by atoms with E-state index in [1.54, 1.807) is 12.4 Å². The molecule has 1 saturated heterocycles. The van der Waals surface area contributed by atoms with Gasteiger partial charge in [0, 0.05) is 38.6 Å². The van der Waals surface area contributed by atoms with Crippen molar-refractivity contribution >= 4 is 17.2 Å². The van der Waals surface area contributed by atoms with Crippen molar-refractivity contribution in [2.45, 2.75) is 6.92 Å². The molecule has 0 amide bonds. The molecule has 5 nitrogen and oxygen atoms in total. The topological polar surface area (TPSA) is 58.3 Å². The number of nitrogens with two attached hydrogens (primary N) is 1. The molecule has 2 N–H and O–H groups in total. The van der Waals surface area contributed by atoms with Crippen molar-refractivity contribution in [3.63, 3.8) is 0 Å². The average Bonchev–Trinajstić information content (AvgIpc) is 2.49. The fraction of sp³-hybridized carbons (Fsp3) is 0.333. The van der Waals surface area contributed by atoms with Crippen LogP contribution in [0.1, 0.15) is 5.69 Å². The van der Waals surface area contributed by atoms with E-state index in [9.17, 15) is 0 Å². The first-order valence-corrected chi connectivity index (χ1v) is 6.88. The molecular weight excluding hydrogens is 250 g/mol. The summed E-state index contributed by atoms with van der Waals surface area (Å²) in [5, 5.41) is 0. The van der Waals surface area contributed by atoms with Crippen molar-refractivity contribution in [2.24, 2.45) is 0 Å². The molecule has 1 fully saturated rings. The van der Waals surface area contributed by atoms with Gasteiger partial charge in [0.15, 0.2) is 0 Å². The average molecular weight is 269 g/mol. The van der Waals surface area contributed by atoms with Crippen molar-refractivity contribution < 1.29 is 0 Å². The first-order chi connectivity index (χ1) is 9.75. The molecule has 0 spiro atoms. The third kappa shape index (κ3) is 2.39. The molecule has 0 atom stereocenters. The Morgan fingerprint density at radius 3 is 2.30 bits per heavy atom. The van der Waals surface area contributed by atoms with Crippen LogP contribution in [0.15, 0.2) is 36.7 Å². The number of benzene rings is 1. The van der Waals surface area contributed by atoms with Gasteiger partial charge in [-0.2, -0.15) is 0 Å². The van der Waals surface area contributed by atoms with Gasteiger partial charge in [-0.1, -0.05) is 12.1 Å². The molecule has 5 heteroatoms. The van der Waals surface area contributed by atoms with E-state index in [0.717, 1.165) is 49.1 Å². The lowest BCUT2D eigenvalue weighted by atomic mass is 10.2. The second-order valence-corrected chi connectivity index (χ2v) is 5.00. The molecule has 3 rings (SSSR count). The highest BCUT2D eigenvalue weighted by molar-refractivity contribution is 5.67. The molecule has 1 aliphatic rings. The highest BCUT2D eigenvalue weighted by atomic mass is 15.3. The van der Waals surface area contributed by atoms with Crippen LogP contribution in [0, 0.1) is 6.92 Å². The van der Waals surface area contributed by atoms with Crippen molar-refractivity contribution in [3.05, 3.63) is 42.4 Å². The summed E-state index contributed by atoms with van der Waals surface area (Å²) < 4.78 is 0. The zero-order chi connectivity index (χ0) is 13.9. The van der Waals surface area contributed by atoms with Crippen LogP contribution in [0.5, 0.6) is 0 Å². The van der Waals surface area contributed by atoms with E-state index in [1.807, 2.05) is 25.1 Å². The minimum absolute atomic E-state index is 0.844. The Labute approximate surface area is 119 Å². The highest BCUT2D eigenvalue weighted by Gasteiger charge is 2.20. The lowest BCUT2D eigenvalue weighted by Crippen LogP contribution is -2.47. The highest BCUT2D eigenvalue weighted by Crippen LogP contribution is 2.25. The molecule has 2 aromatic rings. The Kier molecular flexibility index (Phi) is 3.41. The number of piperazine rings is 1. The minimum Gasteiger partial charge on any atom is -0.397 e. The van der Waals surface area contributed by atoms with Gasteiger partial charge in [0.05, 0.1) is 17.1 Å². The summed E-state index contributed by atoms with van der Waals surface area (Å²) >= 11 is 0. The quantitative estimate of drug-likeness (QED) is 0.841. The Balaban J connectivity index is 1.72. The number of hydrogen-bond acceptors (Lipinski definition) is 5. The van der Waals surface area contributed by atoms with Gasteiger partial charge < -0.3 is 15.5 Å². The largest absolute Gasteiger partial charge is 0.397 e. The second kappa shape index (κ2) is 5.36. The molecule has 1 aromatic carbocycles. The standard InChI is InChI=1S/C15H19N5/c1-12-15(18-7-6-17-12)20-10-8-19(9-11-20)14-5-3-2-4-13(14)16/h2-7H,8-11,16H2,1H3. The number of nitrogens with zero attached hydrogens (tertiary/aromatic N) is 4. The van der Waals surface area contributed by atoms with Crippen molar-refractivity contribution in [2.75, 3.05) is 41.7 Å². The maximum Gasteiger partial charge on any atom is 0.150 e. The second-order valence-electron chi connectivity index (χ2n) is 5.00. The number of nitrogen functional groups attached to an aromatic ring is 1. The summed E-state index contributed by atoms with van der Waals surface area (Å²) in [6, 6.07) is 8.04.